The third-order valence-electron chi connectivity index (χ3n) is 2.50. The van der Waals surface area contributed by atoms with Crippen molar-refractivity contribution in [3.63, 3.8) is 0 Å². The molecule has 2 rings (SSSR count). The van der Waals surface area contributed by atoms with Gasteiger partial charge in [0.2, 0.25) is 0 Å². The van der Waals surface area contributed by atoms with Crippen molar-refractivity contribution in [3.05, 3.63) is 35.6 Å². The second kappa shape index (κ2) is 4.82. The van der Waals surface area contributed by atoms with Gasteiger partial charge in [0.05, 0.1) is 12.7 Å². The van der Waals surface area contributed by atoms with Gasteiger partial charge in [-0.25, -0.2) is 4.79 Å². The zero-order valence-corrected chi connectivity index (χ0v) is 9.43. The van der Waals surface area contributed by atoms with Crippen molar-refractivity contribution in [2.75, 3.05) is 7.11 Å². The lowest BCUT2D eigenvalue weighted by Crippen LogP contribution is -1.99. The van der Waals surface area contributed by atoms with Crippen LogP contribution in [-0.2, 0) is 16.0 Å². The Balaban J connectivity index is 2.34. The van der Waals surface area contributed by atoms with E-state index < -0.39 is 5.97 Å². The van der Waals surface area contributed by atoms with Crippen LogP contribution < -0.4 is 0 Å². The number of benzene rings is 1. The molecule has 2 aromatic rings. The number of aldehydes is 1. The van der Waals surface area contributed by atoms with Crippen molar-refractivity contribution in [1.29, 1.82) is 0 Å². The maximum atomic E-state index is 11.3. The van der Waals surface area contributed by atoms with Crippen molar-refractivity contribution in [2.45, 2.75) is 12.8 Å². The van der Waals surface area contributed by atoms with Gasteiger partial charge in [0, 0.05) is 18.2 Å². The number of hydrogen-bond acceptors (Lipinski definition) is 4. The van der Waals surface area contributed by atoms with E-state index in [-0.39, 0.29) is 0 Å². The summed E-state index contributed by atoms with van der Waals surface area (Å²) in [6.07, 6.45) is 1.86. The molecule has 1 aromatic heterocycles. The number of esters is 1. The molecular formula is C13H12O4. The van der Waals surface area contributed by atoms with E-state index >= 15 is 0 Å². The standard InChI is InChI=1S/C13H12O4/c1-16-13(15)10-5-4-9-7-11(3-2-6-14)17-12(9)8-10/h4-8H,2-3H2,1H3. The van der Waals surface area contributed by atoms with Crippen LogP contribution in [-0.4, -0.2) is 19.4 Å². The zero-order chi connectivity index (χ0) is 12.3. The van der Waals surface area contributed by atoms with E-state index in [4.69, 9.17) is 4.42 Å². The highest BCUT2D eigenvalue weighted by atomic mass is 16.5. The molecule has 0 saturated heterocycles. The number of hydrogen-bond donors (Lipinski definition) is 0. The molecule has 88 valence electrons. The second-order valence-corrected chi connectivity index (χ2v) is 3.66. The van der Waals surface area contributed by atoms with Crippen LogP contribution in [0.2, 0.25) is 0 Å². The molecule has 4 nitrogen and oxygen atoms in total. The highest BCUT2D eigenvalue weighted by Gasteiger charge is 2.09. The predicted molar refractivity (Wildman–Crippen MR) is 61.9 cm³/mol. The minimum Gasteiger partial charge on any atom is -0.465 e. The lowest BCUT2D eigenvalue weighted by molar-refractivity contribution is -0.107. The summed E-state index contributed by atoms with van der Waals surface area (Å²) < 4.78 is 10.2. The normalized spacial score (nSPS) is 10.4. The third kappa shape index (κ3) is 2.36. The Morgan fingerprint density at radius 3 is 2.94 bits per heavy atom. The lowest BCUT2D eigenvalue weighted by atomic mass is 10.1. The maximum absolute atomic E-state index is 11.3. The number of fused-ring (bicyclic) bond motifs is 1. The molecule has 0 radical (unpaired) electrons. The number of carbonyl (C=O) groups excluding carboxylic acids is 2. The predicted octanol–water partition coefficient (Wildman–Crippen LogP) is 2.35. The van der Waals surface area contributed by atoms with Crippen LogP contribution in [0.4, 0.5) is 0 Å². The van der Waals surface area contributed by atoms with E-state index in [2.05, 4.69) is 4.74 Å². The van der Waals surface area contributed by atoms with Crippen LogP contribution in [0.25, 0.3) is 11.0 Å². The van der Waals surface area contributed by atoms with Crippen LogP contribution in [0.3, 0.4) is 0 Å². The van der Waals surface area contributed by atoms with Gasteiger partial charge >= 0.3 is 5.97 Å². The van der Waals surface area contributed by atoms with Crippen molar-refractivity contribution in [3.8, 4) is 0 Å². The van der Waals surface area contributed by atoms with E-state index in [1.165, 1.54) is 7.11 Å². The van der Waals surface area contributed by atoms with Crippen LogP contribution in [0.5, 0.6) is 0 Å². The Bertz CT molecular complexity index is 554. The Hall–Kier alpha value is -2.10. The van der Waals surface area contributed by atoms with Crippen LogP contribution >= 0.6 is 0 Å². The number of rotatable bonds is 4. The van der Waals surface area contributed by atoms with Gasteiger partial charge in [-0.3, -0.25) is 0 Å². The molecule has 0 N–H and O–H groups in total. The topological polar surface area (TPSA) is 56.5 Å². The first-order valence-corrected chi connectivity index (χ1v) is 5.29. The molecule has 4 heteroatoms. The van der Waals surface area contributed by atoms with Gasteiger partial charge in [-0.15, -0.1) is 0 Å². The Morgan fingerprint density at radius 2 is 2.24 bits per heavy atom. The molecule has 0 bridgehead atoms. The molecule has 0 amide bonds. The number of aryl methyl sites for hydroxylation is 1. The molecule has 0 aliphatic heterocycles. The van der Waals surface area contributed by atoms with E-state index in [1.807, 2.05) is 6.07 Å². The Kier molecular flexibility index (Phi) is 3.23. The maximum Gasteiger partial charge on any atom is 0.337 e. The molecule has 1 aromatic carbocycles. The molecule has 0 saturated carbocycles. The van der Waals surface area contributed by atoms with E-state index in [1.54, 1.807) is 18.2 Å². The Morgan fingerprint density at radius 1 is 1.41 bits per heavy atom. The molecule has 17 heavy (non-hydrogen) atoms. The highest BCUT2D eigenvalue weighted by molar-refractivity contribution is 5.93. The molecule has 0 spiro atoms. The Labute approximate surface area is 98.2 Å². The molecule has 0 aliphatic rings. The monoisotopic (exact) mass is 232 g/mol. The summed E-state index contributed by atoms with van der Waals surface area (Å²) in [5, 5.41) is 0.915. The zero-order valence-electron chi connectivity index (χ0n) is 9.43. The van der Waals surface area contributed by atoms with Gasteiger partial charge < -0.3 is 13.9 Å². The van der Waals surface area contributed by atoms with Crippen LogP contribution in [0.1, 0.15) is 22.5 Å². The fourth-order valence-electron chi connectivity index (χ4n) is 1.66. The van der Waals surface area contributed by atoms with Crippen molar-refractivity contribution >= 4 is 23.2 Å². The minimum absolute atomic E-state index is 0.391. The molecule has 0 aliphatic carbocycles. The highest BCUT2D eigenvalue weighted by Crippen LogP contribution is 2.21. The van der Waals surface area contributed by atoms with Crippen molar-refractivity contribution in [1.82, 2.24) is 0 Å². The summed E-state index contributed by atoms with van der Waals surface area (Å²) in [4.78, 5) is 21.6. The molecule has 0 fully saturated rings. The summed E-state index contributed by atoms with van der Waals surface area (Å²) in [7, 11) is 1.34. The van der Waals surface area contributed by atoms with E-state index in [0.29, 0.717) is 24.0 Å². The summed E-state index contributed by atoms with van der Waals surface area (Å²) in [6.45, 7) is 0. The van der Waals surface area contributed by atoms with Crippen LogP contribution in [0.15, 0.2) is 28.7 Å². The van der Waals surface area contributed by atoms with Gasteiger partial charge in [0.1, 0.15) is 17.6 Å². The number of ether oxygens (including phenoxy) is 1. The summed E-state index contributed by atoms with van der Waals surface area (Å²) in [6, 6.07) is 7.01. The average molecular weight is 232 g/mol. The van der Waals surface area contributed by atoms with Gasteiger partial charge in [-0.1, -0.05) is 6.07 Å². The minimum atomic E-state index is -0.391. The molecule has 0 atom stereocenters. The van der Waals surface area contributed by atoms with E-state index in [9.17, 15) is 9.59 Å². The first kappa shape index (κ1) is 11.4. The fourth-order valence-corrected chi connectivity index (χ4v) is 1.66. The molecule has 0 unspecified atom stereocenters. The smallest absolute Gasteiger partial charge is 0.337 e. The largest absolute Gasteiger partial charge is 0.465 e. The average Bonchev–Trinajstić information content (AvgIpc) is 2.76. The van der Waals surface area contributed by atoms with Crippen LogP contribution in [0, 0.1) is 0 Å². The lowest BCUT2D eigenvalue weighted by Gasteiger charge is -1.97. The summed E-state index contributed by atoms with van der Waals surface area (Å²) in [5.74, 6) is 0.354. The third-order valence-corrected chi connectivity index (χ3v) is 2.50. The first-order valence-electron chi connectivity index (χ1n) is 5.29. The van der Waals surface area contributed by atoms with Gasteiger partial charge in [0.15, 0.2) is 0 Å². The molecule has 1 heterocycles. The number of methoxy groups -OCH3 is 1. The second-order valence-electron chi connectivity index (χ2n) is 3.66. The summed E-state index contributed by atoms with van der Waals surface area (Å²) in [5.41, 5.74) is 1.09. The van der Waals surface area contributed by atoms with Crippen molar-refractivity contribution in [2.24, 2.45) is 0 Å². The fraction of sp³-hybridized carbons (Fsp3) is 0.231. The van der Waals surface area contributed by atoms with Gasteiger partial charge in [-0.2, -0.15) is 0 Å². The SMILES string of the molecule is COC(=O)c1ccc2cc(CCC=O)oc2c1. The first-order chi connectivity index (χ1) is 8.24. The number of carbonyl (C=O) groups is 2. The van der Waals surface area contributed by atoms with Gasteiger partial charge in [-0.05, 0) is 18.2 Å². The van der Waals surface area contributed by atoms with Crippen molar-refractivity contribution < 1.29 is 18.7 Å². The summed E-state index contributed by atoms with van der Waals surface area (Å²) >= 11 is 0. The quantitative estimate of drug-likeness (QED) is 0.599. The number of furan rings is 1. The van der Waals surface area contributed by atoms with E-state index in [0.717, 1.165) is 17.4 Å². The van der Waals surface area contributed by atoms with Gasteiger partial charge in [0.25, 0.3) is 0 Å². The molecular weight excluding hydrogens is 220 g/mol.